The van der Waals surface area contributed by atoms with Gasteiger partial charge in [0.15, 0.2) is 12.4 Å². The molecule has 26 heavy (non-hydrogen) atoms. The number of esters is 1. The number of ether oxygens (including phenoxy) is 2. The summed E-state index contributed by atoms with van der Waals surface area (Å²) >= 11 is 0. The lowest BCUT2D eigenvalue weighted by atomic mass is 9.97. The second-order valence-corrected chi connectivity index (χ2v) is 6.33. The molecule has 1 aromatic carbocycles. The fourth-order valence-electron chi connectivity index (χ4n) is 3.04. The summed E-state index contributed by atoms with van der Waals surface area (Å²) in [4.78, 5) is 34.2. The minimum absolute atomic E-state index is 0.114. The zero-order valence-corrected chi connectivity index (χ0v) is 14.9. The average Bonchev–Trinajstić information content (AvgIpc) is 2.61. The van der Waals surface area contributed by atoms with E-state index in [-0.39, 0.29) is 35.6 Å². The van der Waals surface area contributed by atoms with Crippen LogP contribution in [0.5, 0.6) is 5.75 Å². The minimum Gasteiger partial charge on any atom is -0.477 e. The summed E-state index contributed by atoms with van der Waals surface area (Å²) in [5.74, 6) is -1.09. The Balaban J connectivity index is 1.98. The normalized spacial score (nSPS) is 15.4. The van der Waals surface area contributed by atoms with Crippen LogP contribution >= 0.6 is 0 Å². The fraction of sp³-hybridized carbons (Fsp3) is 0.556. The number of nitrogens with zero attached hydrogens (tertiary/aromatic N) is 1. The Morgan fingerprint density at radius 1 is 1.19 bits per heavy atom. The molecular weight excluding hydrogens is 340 g/mol. The van der Waals surface area contributed by atoms with Crippen molar-refractivity contribution in [2.45, 2.75) is 51.0 Å². The molecule has 1 N–H and O–H groups in total. The predicted octanol–water partition coefficient (Wildman–Crippen LogP) is 2.99. The molecule has 1 fully saturated rings. The molecule has 142 valence electrons. The number of rotatable bonds is 6. The van der Waals surface area contributed by atoms with E-state index in [0.717, 1.165) is 31.7 Å². The van der Waals surface area contributed by atoms with E-state index in [9.17, 15) is 19.7 Å². The summed E-state index contributed by atoms with van der Waals surface area (Å²) in [7, 11) is 1.21. The van der Waals surface area contributed by atoms with Crippen LogP contribution < -0.4 is 10.1 Å². The van der Waals surface area contributed by atoms with Crippen molar-refractivity contribution >= 4 is 17.6 Å². The van der Waals surface area contributed by atoms with Crippen LogP contribution in [0.25, 0.3) is 0 Å². The molecule has 8 nitrogen and oxygen atoms in total. The van der Waals surface area contributed by atoms with Crippen LogP contribution in [0, 0.1) is 10.1 Å². The Hall–Kier alpha value is -2.64. The zero-order chi connectivity index (χ0) is 18.9. The summed E-state index contributed by atoms with van der Waals surface area (Å²) in [5, 5.41) is 14.0. The summed E-state index contributed by atoms with van der Waals surface area (Å²) < 4.78 is 9.93. The second kappa shape index (κ2) is 9.74. The molecule has 1 aliphatic rings. The molecular formula is C18H24N2O6. The van der Waals surface area contributed by atoms with Crippen molar-refractivity contribution < 1.29 is 24.0 Å². The van der Waals surface area contributed by atoms with Crippen molar-refractivity contribution in [1.82, 2.24) is 5.32 Å². The number of nitro groups is 1. The van der Waals surface area contributed by atoms with E-state index in [1.165, 1.54) is 38.5 Å². The maximum atomic E-state index is 12.1. The number of carbonyl (C=O) groups is 2. The first-order valence-corrected chi connectivity index (χ1v) is 8.80. The maximum Gasteiger partial charge on any atom is 0.337 e. The third kappa shape index (κ3) is 5.72. The van der Waals surface area contributed by atoms with Gasteiger partial charge in [-0.15, -0.1) is 0 Å². The number of methoxy groups -OCH3 is 1. The SMILES string of the molecule is COC(=O)c1ccc([N+](=O)[O-])c(OCC(=O)NC2CCCCCCC2)c1. The van der Waals surface area contributed by atoms with E-state index in [4.69, 9.17) is 4.74 Å². The molecule has 0 unspecified atom stereocenters. The highest BCUT2D eigenvalue weighted by atomic mass is 16.6. The number of amides is 1. The number of benzene rings is 1. The van der Waals surface area contributed by atoms with Gasteiger partial charge in [-0.3, -0.25) is 14.9 Å². The highest BCUT2D eigenvalue weighted by Crippen LogP contribution is 2.28. The molecule has 0 atom stereocenters. The first-order chi connectivity index (χ1) is 12.5. The molecule has 1 amide bonds. The molecule has 0 spiro atoms. The molecule has 0 radical (unpaired) electrons. The van der Waals surface area contributed by atoms with Gasteiger partial charge < -0.3 is 14.8 Å². The number of nitro benzene ring substituents is 1. The van der Waals surface area contributed by atoms with Crippen LogP contribution in [0.1, 0.15) is 55.3 Å². The van der Waals surface area contributed by atoms with Gasteiger partial charge in [-0.2, -0.15) is 0 Å². The summed E-state index contributed by atoms with van der Waals surface area (Å²) in [6.45, 7) is -0.345. The highest BCUT2D eigenvalue weighted by molar-refractivity contribution is 5.90. The number of carbonyl (C=O) groups excluding carboxylic acids is 2. The maximum absolute atomic E-state index is 12.1. The summed E-state index contributed by atoms with van der Waals surface area (Å²) in [6.07, 6.45) is 7.62. The molecule has 0 aromatic heterocycles. The Bertz CT molecular complexity index is 653. The second-order valence-electron chi connectivity index (χ2n) is 6.33. The van der Waals surface area contributed by atoms with Crippen LogP contribution in [0.15, 0.2) is 18.2 Å². The zero-order valence-electron chi connectivity index (χ0n) is 14.9. The van der Waals surface area contributed by atoms with E-state index >= 15 is 0 Å². The summed E-state index contributed by atoms with van der Waals surface area (Å²) in [5.41, 5.74) is -0.190. The van der Waals surface area contributed by atoms with Gasteiger partial charge in [0.25, 0.3) is 5.91 Å². The Morgan fingerprint density at radius 3 is 2.46 bits per heavy atom. The lowest BCUT2D eigenvalue weighted by Gasteiger charge is -2.21. The van der Waals surface area contributed by atoms with Crippen molar-refractivity contribution in [2.24, 2.45) is 0 Å². The number of hydrogen-bond acceptors (Lipinski definition) is 6. The fourth-order valence-corrected chi connectivity index (χ4v) is 3.04. The molecule has 2 rings (SSSR count). The lowest BCUT2D eigenvalue weighted by molar-refractivity contribution is -0.385. The van der Waals surface area contributed by atoms with Crippen LogP contribution in [-0.4, -0.2) is 36.6 Å². The number of hydrogen-bond donors (Lipinski definition) is 1. The van der Waals surface area contributed by atoms with Crippen molar-refractivity contribution in [3.63, 3.8) is 0 Å². The van der Waals surface area contributed by atoms with Gasteiger partial charge >= 0.3 is 11.7 Å². The van der Waals surface area contributed by atoms with Gasteiger partial charge in [-0.05, 0) is 18.9 Å². The van der Waals surface area contributed by atoms with Gasteiger partial charge in [0.1, 0.15) is 0 Å². The molecule has 8 heteroatoms. The quantitative estimate of drug-likeness (QED) is 0.472. The Kier molecular flexibility index (Phi) is 7.37. The van der Waals surface area contributed by atoms with Crippen LogP contribution in [0.3, 0.4) is 0 Å². The topological polar surface area (TPSA) is 108 Å². The van der Waals surface area contributed by atoms with E-state index < -0.39 is 10.9 Å². The van der Waals surface area contributed by atoms with E-state index in [2.05, 4.69) is 10.1 Å². The molecule has 0 heterocycles. The van der Waals surface area contributed by atoms with Crippen molar-refractivity contribution in [3.8, 4) is 5.75 Å². The van der Waals surface area contributed by atoms with Crippen LogP contribution in [-0.2, 0) is 9.53 Å². The monoisotopic (exact) mass is 364 g/mol. The number of nitrogens with one attached hydrogen (secondary N) is 1. The molecule has 0 saturated heterocycles. The van der Waals surface area contributed by atoms with E-state index in [0.29, 0.717) is 0 Å². The molecule has 1 aliphatic carbocycles. The Morgan fingerprint density at radius 2 is 1.85 bits per heavy atom. The van der Waals surface area contributed by atoms with E-state index in [1.54, 1.807) is 0 Å². The molecule has 1 saturated carbocycles. The standard InChI is InChI=1S/C18H24N2O6/c1-25-18(22)13-9-10-15(20(23)24)16(11-13)26-12-17(21)19-14-7-5-3-2-4-6-8-14/h9-11,14H,2-8,12H2,1H3,(H,19,21). The molecule has 1 aromatic rings. The summed E-state index contributed by atoms with van der Waals surface area (Å²) in [6, 6.07) is 3.77. The van der Waals surface area contributed by atoms with Gasteiger partial charge in [-0.25, -0.2) is 4.79 Å². The lowest BCUT2D eigenvalue weighted by Crippen LogP contribution is -2.38. The third-order valence-corrected chi connectivity index (χ3v) is 4.41. The van der Waals surface area contributed by atoms with Crippen LogP contribution in [0.4, 0.5) is 5.69 Å². The third-order valence-electron chi connectivity index (χ3n) is 4.41. The van der Waals surface area contributed by atoms with Crippen molar-refractivity contribution in [3.05, 3.63) is 33.9 Å². The Labute approximate surface area is 152 Å². The minimum atomic E-state index is -0.635. The van der Waals surface area contributed by atoms with Gasteiger partial charge in [0, 0.05) is 18.2 Å². The van der Waals surface area contributed by atoms with Gasteiger partial charge in [0.05, 0.1) is 17.6 Å². The van der Waals surface area contributed by atoms with E-state index in [1.807, 2.05) is 0 Å². The largest absolute Gasteiger partial charge is 0.477 e. The van der Waals surface area contributed by atoms with Gasteiger partial charge in [-0.1, -0.05) is 32.1 Å². The smallest absolute Gasteiger partial charge is 0.337 e. The molecule has 0 aliphatic heterocycles. The highest BCUT2D eigenvalue weighted by Gasteiger charge is 2.20. The van der Waals surface area contributed by atoms with Crippen molar-refractivity contribution in [2.75, 3.05) is 13.7 Å². The first-order valence-electron chi connectivity index (χ1n) is 8.80. The predicted molar refractivity (Wildman–Crippen MR) is 94.2 cm³/mol. The molecule has 0 bridgehead atoms. The first kappa shape index (κ1) is 19.7. The average molecular weight is 364 g/mol. The van der Waals surface area contributed by atoms with Gasteiger partial charge in [0.2, 0.25) is 0 Å². The van der Waals surface area contributed by atoms with Crippen LogP contribution in [0.2, 0.25) is 0 Å². The van der Waals surface area contributed by atoms with Crippen molar-refractivity contribution in [1.29, 1.82) is 0 Å².